The summed E-state index contributed by atoms with van der Waals surface area (Å²) in [5.74, 6) is 0.203. The number of rotatable bonds is 3. The quantitative estimate of drug-likeness (QED) is 0.788. The fourth-order valence-electron chi connectivity index (χ4n) is 3.74. The number of aromatic amines is 1. The smallest absolute Gasteiger partial charge is 0.254 e. The molecular weight excluding hydrogens is 330 g/mol. The number of nitrogens with zero attached hydrogens (tertiary/aromatic N) is 4. The summed E-state index contributed by atoms with van der Waals surface area (Å²) in [6, 6.07) is 7.89. The van der Waals surface area contributed by atoms with Gasteiger partial charge in [0.25, 0.3) is 5.91 Å². The predicted molar refractivity (Wildman–Crippen MR) is 97.1 cm³/mol. The lowest BCUT2D eigenvalue weighted by molar-refractivity contribution is -0.117. The van der Waals surface area contributed by atoms with E-state index in [2.05, 4.69) is 10.1 Å². The van der Waals surface area contributed by atoms with Crippen molar-refractivity contribution in [3.05, 3.63) is 48.4 Å². The molecule has 5 rings (SSSR count). The van der Waals surface area contributed by atoms with Gasteiger partial charge in [-0.05, 0) is 30.0 Å². The van der Waals surface area contributed by atoms with Crippen molar-refractivity contribution in [1.29, 1.82) is 0 Å². The van der Waals surface area contributed by atoms with E-state index < -0.39 is 0 Å². The number of fused-ring (bicyclic) bond motifs is 1. The highest BCUT2D eigenvalue weighted by molar-refractivity contribution is 5.98. The highest BCUT2D eigenvalue weighted by atomic mass is 16.2. The minimum absolute atomic E-state index is 0.0415. The molecule has 0 bridgehead atoms. The number of likely N-dealkylation sites (tertiary alicyclic amines) is 1. The average Bonchev–Trinajstić information content (AvgIpc) is 3.32. The second kappa shape index (κ2) is 5.72. The first-order valence-corrected chi connectivity index (χ1v) is 8.90. The van der Waals surface area contributed by atoms with E-state index in [0.717, 1.165) is 29.6 Å². The predicted octanol–water partition coefficient (Wildman–Crippen LogP) is 2.19. The van der Waals surface area contributed by atoms with Crippen LogP contribution in [0.5, 0.6) is 0 Å². The van der Waals surface area contributed by atoms with Crippen LogP contribution in [0.2, 0.25) is 0 Å². The zero-order valence-corrected chi connectivity index (χ0v) is 14.3. The van der Waals surface area contributed by atoms with Crippen LogP contribution < -0.4 is 4.90 Å². The summed E-state index contributed by atoms with van der Waals surface area (Å²) < 4.78 is 1.87. The lowest BCUT2D eigenvalue weighted by Crippen LogP contribution is -2.50. The van der Waals surface area contributed by atoms with Gasteiger partial charge in [-0.1, -0.05) is 6.07 Å². The lowest BCUT2D eigenvalue weighted by atomic mass is 10.1. The molecule has 0 spiro atoms. The molecule has 2 amide bonds. The maximum absolute atomic E-state index is 12.7. The van der Waals surface area contributed by atoms with Crippen LogP contribution in [0, 0.1) is 0 Å². The molecule has 3 aromatic rings. The summed E-state index contributed by atoms with van der Waals surface area (Å²) in [4.78, 5) is 31.3. The molecule has 1 N–H and O–H groups in total. The zero-order chi connectivity index (χ0) is 17.7. The molecule has 132 valence electrons. The van der Waals surface area contributed by atoms with Crippen LogP contribution in [0.4, 0.5) is 5.69 Å². The van der Waals surface area contributed by atoms with Crippen LogP contribution in [0.1, 0.15) is 29.2 Å². The molecule has 0 saturated carbocycles. The first-order chi connectivity index (χ1) is 12.7. The van der Waals surface area contributed by atoms with Gasteiger partial charge in [-0.2, -0.15) is 5.10 Å². The minimum atomic E-state index is 0.0415. The van der Waals surface area contributed by atoms with Gasteiger partial charge in [0.05, 0.1) is 17.9 Å². The van der Waals surface area contributed by atoms with Crippen LogP contribution in [-0.2, 0) is 4.79 Å². The number of anilines is 1. The van der Waals surface area contributed by atoms with Crippen molar-refractivity contribution in [1.82, 2.24) is 19.7 Å². The highest BCUT2D eigenvalue weighted by Crippen LogP contribution is 2.27. The van der Waals surface area contributed by atoms with Gasteiger partial charge in [-0.25, -0.2) is 0 Å². The van der Waals surface area contributed by atoms with Crippen LogP contribution in [0.15, 0.2) is 42.9 Å². The van der Waals surface area contributed by atoms with Gasteiger partial charge in [0.1, 0.15) is 0 Å². The SMILES string of the molecule is O=C(c1ccc2cc[nH]c2c1)N1CC(n2cc(N3CCCC3=O)cn2)C1. The number of nitrogens with one attached hydrogen (secondary N) is 1. The molecule has 7 heteroatoms. The summed E-state index contributed by atoms with van der Waals surface area (Å²) in [7, 11) is 0. The van der Waals surface area contributed by atoms with E-state index in [1.807, 2.05) is 46.2 Å². The molecule has 2 saturated heterocycles. The van der Waals surface area contributed by atoms with Gasteiger partial charge >= 0.3 is 0 Å². The molecule has 0 radical (unpaired) electrons. The summed E-state index contributed by atoms with van der Waals surface area (Å²) in [5, 5.41) is 5.50. The number of amides is 2. The van der Waals surface area contributed by atoms with Gasteiger partial charge < -0.3 is 14.8 Å². The van der Waals surface area contributed by atoms with Crippen molar-refractivity contribution in [2.45, 2.75) is 18.9 Å². The van der Waals surface area contributed by atoms with Gasteiger partial charge in [0, 0.05) is 49.5 Å². The van der Waals surface area contributed by atoms with Crippen LogP contribution in [-0.4, -0.2) is 51.1 Å². The summed E-state index contributed by atoms with van der Waals surface area (Å²) in [5.41, 5.74) is 2.52. The van der Waals surface area contributed by atoms with Gasteiger partial charge in [0.2, 0.25) is 5.91 Å². The van der Waals surface area contributed by atoms with Crippen molar-refractivity contribution in [3.63, 3.8) is 0 Å². The van der Waals surface area contributed by atoms with E-state index >= 15 is 0 Å². The van der Waals surface area contributed by atoms with E-state index in [0.29, 0.717) is 25.1 Å². The first-order valence-electron chi connectivity index (χ1n) is 8.90. The lowest BCUT2D eigenvalue weighted by Gasteiger charge is -2.39. The van der Waals surface area contributed by atoms with E-state index in [4.69, 9.17) is 0 Å². The Balaban J connectivity index is 1.26. The van der Waals surface area contributed by atoms with E-state index in [9.17, 15) is 9.59 Å². The van der Waals surface area contributed by atoms with Gasteiger partial charge in [-0.15, -0.1) is 0 Å². The molecule has 0 atom stereocenters. The topological polar surface area (TPSA) is 74.2 Å². The number of benzene rings is 1. The average molecular weight is 349 g/mol. The second-order valence-electron chi connectivity index (χ2n) is 6.97. The third-order valence-electron chi connectivity index (χ3n) is 5.30. The van der Waals surface area contributed by atoms with Crippen molar-refractivity contribution >= 4 is 28.4 Å². The number of hydrogen-bond donors (Lipinski definition) is 1. The molecule has 4 heterocycles. The Morgan fingerprint density at radius 3 is 2.92 bits per heavy atom. The Hall–Kier alpha value is -3.09. The monoisotopic (exact) mass is 349 g/mol. The number of carbonyl (C=O) groups is 2. The molecule has 0 unspecified atom stereocenters. The molecule has 7 nitrogen and oxygen atoms in total. The standard InChI is InChI=1S/C19H19N5O2/c25-18-2-1-7-23(18)15-9-21-24(12-15)16-10-22(11-16)19(26)14-4-3-13-5-6-20-17(13)8-14/h3-6,8-9,12,16,20H,1-2,7,10-11H2. The largest absolute Gasteiger partial charge is 0.361 e. The Labute approximate surface area is 150 Å². The molecule has 2 aliphatic heterocycles. The summed E-state index contributed by atoms with van der Waals surface area (Å²) >= 11 is 0. The molecule has 0 aliphatic carbocycles. The van der Waals surface area contributed by atoms with E-state index in [1.54, 1.807) is 11.1 Å². The van der Waals surface area contributed by atoms with Crippen LogP contribution in [0.3, 0.4) is 0 Å². The van der Waals surface area contributed by atoms with Crippen LogP contribution >= 0.6 is 0 Å². The Morgan fingerprint density at radius 2 is 2.12 bits per heavy atom. The van der Waals surface area contributed by atoms with Crippen molar-refractivity contribution < 1.29 is 9.59 Å². The molecule has 2 fully saturated rings. The van der Waals surface area contributed by atoms with E-state index in [1.165, 1.54) is 0 Å². The van der Waals surface area contributed by atoms with Crippen molar-refractivity contribution in [2.24, 2.45) is 0 Å². The number of carbonyl (C=O) groups excluding carboxylic acids is 2. The molecule has 1 aromatic carbocycles. The maximum Gasteiger partial charge on any atom is 0.254 e. The zero-order valence-electron chi connectivity index (χ0n) is 14.3. The Kier molecular flexibility index (Phi) is 3.34. The molecule has 2 aliphatic rings. The highest BCUT2D eigenvalue weighted by Gasteiger charge is 2.33. The molecule has 2 aromatic heterocycles. The minimum Gasteiger partial charge on any atom is -0.361 e. The number of aromatic nitrogens is 3. The normalized spacial score (nSPS) is 17.9. The third kappa shape index (κ3) is 2.39. The third-order valence-corrected chi connectivity index (χ3v) is 5.30. The first kappa shape index (κ1) is 15.2. The summed E-state index contributed by atoms with van der Waals surface area (Å²) in [6.45, 7) is 2.04. The summed E-state index contributed by atoms with van der Waals surface area (Å²) in [6.07, 6.45) is 7.05. The second-order valence-corrected chi connectivity index (χ2v) is 6.97. The van der Waals surface area contributed by atoms with Gasteiger partial charge in [0.15, 0.2) is 0 Å². The Morgan fingerprint density at radius 1 is 1.23 bits per heavy atom. The van der Waals surface area contributed by atoms with Gasteiger partial charge in [-0.3, -0.25) is 14.3 Å². The van der Waals surface area contributed by atoms with Crippen molar-refractivity contribution in [3.8, 4) is 0 Å². The number of H-pyrrole nitrogens is 1. The van der Waals surface area contributed by atoms with E-state index in [-0.39, 0.29) is 17.9 Å². The maximum atomic E-state index is 12.7. The van der Waals surface area contributed by atoms with Crippen LogP contribution in [0.25, 0.3) is 10.9 Å². The Bertz CT molecular complexity index is 998. The molecule has 26 heavy (non-hydrogen) atoms. The number of hydrogen-bond acceptors (Lipinski definition) is 3. The fourth-order valence-corrected chi connectivity index (χ4v) is 3.74. The fraction of sp³-hybridized carbons (Fsp3) is 0.316. The van der Waals surface area contributed by atoms with Crippen molar-refractivity contribution in [2.75, 3.05) is 24.5 Å². The molecular formula is C19H19N5O2.